The van der Waals surface area contributed by atoms with Gasteiger partial charge in [-0.2, -0.15) is 10.2 Å². The van der Waals surface area contributed by atoms with Crippen LogP contribution in [-0.2, 0) is 10.0 Å². The van der Waals surface area contributed by atoms with Crippen LogP contribution >= 0.6 is 0 Å². The lowest BCUT2D eigenvalue weighted by Crippen LogP contribution is -2.12. The first kappa shape index (κ1) is 26.5. The average molecular weight is 576 g/mol. The van der Waals surface area contributed by atoms with Gasteiger partial charge in [0.1, 0.15) is 22.5 Å². The number of azo groups is 2. The lowest BCUT2D eigenvalue weighted by molar-refractivity contribution is 0.480. The van der Waals surface area contributed by atoms with E-state index in [0.717, 1.165) is 0 Å². The minimum atomic E-state index is -3.87. The molecule has 0 unspecified atom stereocenters. The number of nitrogens with zero attached hydrogens (tertiary/aromatic N) is 6. The van der Waals surface area contributed by atoms with Crippen LogP contribution in [0, 0.1) is 0 Å². The number of pyridine rings is 2. The van der Waals surface area contributed by atoms with Gasteiger partial charge in [-0.05, 0) is 97.1 Å². The van der Waals surface area contributed by atoms with Crippen LogP contribution in [0.2, 0.25) is 0 Å². The van der Waals surface area contributed by atoms with Gasteiger partial charge in [0.05, 0.1) is 27.6 Å². The van der Waals surface area contributed by atoms with Crippen molar-refractivity contribution in [1.29, 1.82) is 0 Å². The first-order valence-electron chi connectivity index (χ1n) is 12.6. The topological polar surface area (TPSA) is 162 Å². The fourth-order valence-corrected chi connectivity index (χ4v) is 5.24. The van der Waals surface area contributed by atoms with E-state index in [0.29, 0.717) is 50.2 Å². The molecule has 0 aliphatic heterocycles. The number of anilines is 1. The molecule has 0 saturated heterocycles. The highest BCUT2D eigenvalue weighted by atomic mass is 32.2. The predicted molar refractivity (Wildman–Crippen MR) is 159 cm³/mol. The van der Waals surface area contributed by atoms with Crippen molar-refractivity contribution in [3.63, 3.8) is 0 Å². The molecular formula is C30H21N7O4S. The molecule has 0 aliphatic carbocycles. The van der Waals surface area contributed by atoms with E-state index in [9.17, 15) is 18.6 Å². The van der Waals surface area contributed by atoms with E-state index in [4.69, 9.17) is 0 Å². The highest BCUT2D eigenvalue weighted by Gasteiger charge is 2.14. The molecule has 0 bridgehead atoms. The number of sulfonamides is 1. The summed E-state index contributed by atoms with van der Waals surface area (Å²) in [4.78, 5) is 8.39. The van der Waals surface area contributed by atoms with Gasteiger partial charge in [-0.1, -0.05) is 0 Å². The Hall–Kier alpha value is -5.75. The van der Waals surface area contributed by atoms with Crippen LogP contribution in [0.4, 0.5) is 28.4 Å². The van der Waals surface area contributed by atoms with Crippen molar-refractivity contribution in [2.24, 2.45) is 20.5 Å². The van der Waals surface area contributed by atoms with Gasteiger partial charge in [-0.3, -0.25) is 14.7 Å². The number of aromatic hydroxyl groups is 2. The second kappa shape index (κ2) is 11.0. The Kier molecular flexibility index (Phi) is 6.95. The summed E-state index contributed by atoms with van der Waals surface area (Å²) in [6, 6.07) is 25.7. The standard InChI is InChI=1S/C30H21N7O4S/c38-27-15-13-25(23-3-1-17-31-29(23)27)35-33-19-5-7-21(8-6-19)37-42(40,41)22-11-9-20(10-12-22)34-36-26-14-16-28(39)30-24(26)4-2-18-32-30/h1-18,37-39H. The van der Waals surface area contributed by atoms with Gasteiger partial charge in [0.25, 0.3) is 10.0 Å². The lowest BCUT2D eigenvalue weighted by Gasteiger charge is -2.08. The molecule has 0 fully saturated rings. The maximum Gasteiger partial charge on any atom is 0.261 e. The van der Waals surface area contributed by atoms with Gasteiger partial charge in [0.2, 0.25) is 0 Å². The van der Waals surface area contributed by atoms with E-state index in [-0.39, 0.29) is 16.4 Å². The van der Waals surface area contributed by atoms with Gasteiger partial charge in [0, 0.05) is 28.9 Å². The van der Waals surface area contributed by atoms with Crippen molar-refractivity contribution in [2.75, 3.05) is 4.72 Å². The Morgan fingerprint density at radius 1 is 0.571 bits per heavy atom. The van der Waals surface area contributed by atoms with E-state index in [2.05, 4.69) is 35.1 Å². The van der Waals surface area contributed by atoms with Crippen LogP contribution in [-0.4, -0.2) is 28.6 Å². The number of nitrogens with one attached hydrogen (secondary N) is 1. The SMILES string of the molecule is O=S(=O)(Nc1ccc(N=Nc2ccc(O)c3ncccc23)cc1)c1ccc(N=Nc2ccc(O)c3ncccc23)cc1. The van der Waals surface area contributed by atoms with Gasteiger partial charge < -0.3 is 10.2 Å². The van der Waals surface area contributed by atoms with Crippen LogP contribution in [0.25, 0.3) is 21.8 Å². The van der Waals surface area contributed by atoms with E-state index < -0.39 is 10.0 Å². The Morgan fingerprint density at radius 2 is 1.05 bits per heavy atom. The van der Waals surface area contributed by atoms with E-state index in [1.165, 1.54) is 24.3 Å². The molecule has 0 aliphatic rings. The summed E-state index contributed by atoms with van der Waals surface area (Å²) in [6.45, 7) is 0. The van der Waals surface area contributed by atoms with Crippen LogP contribution in [0.15, 0.2) is 135 Å². The Bertz CT molecular complexity index is 2100. The van der Waals surface area contributed by atoms with Gasteiger partial charge in [-0.15, -0.1) is 10.2 Å². The summed E-state index contributed by atoms with van der Waals surface area (Å²) >= 11 is 0. The number of aromatic nitrogens is 2. The Morgan fingerprint density at radius 3 is 1.55 bits per heavy atom. The van der Waals surface area contributed by atoms with Crippen molar-refractivity contribution in [3.05, 3.63) is 109 Å². The number of hydrogen-bond donors (Lipinski definition) is 3. The Balaban J connectivity index is 1.14. The summed E-state index contributed by atoms with van der Waals surface area (Å²) in [5.41, 5.74) is 3.22. The number of benzene rings is 4. The molecule has 6 rings (SSSR count). The third-order valence-corrected chi connectivity index (χ3v) is 7.66. The smallest absolute Gasteiger partial charge is 0.261 e. The second-order valence-electron chi connectivity index (χ2n) is 9.05. The van der Waals surface area contributed by atoms with Crippen LogP contribution in [0.1, 0.15) is 0 Å². The maximum atomic E-state index is 13.0. The van der Waals surface area contributed by atoms with Crippen LogP contribution in [0.5, 0.6) is 11.5 Å². The monoisotopic (exact) mass is 575 g/mol. The number of phenols is 2. The zero-order valence-corrected chi connectivity index (χ0v) is 22.5. The molecular weight excluding hydrogens is 554 g/mol. The number of fused-ring (bicyclic) bond motifs is 2. The van der Waals surface area contributed by atoms with E-state index in [1.807, 2.05) is 0 Å². The first-order chi connectivity index (χ1) is 20.4. The lowest BCUT2D eigenvalue weighted by atomic mass is 10.2. The predicted octanol–water partition coefficient (Wildman–Crippen LogP) is 7.83. The van der Waals surface area contributed by atoms with Crippen LogP contribution in [0.3, 0.4) is 0 Å². The zero-order chi connectivity index (χ0) is 29.1. The van der Waals surface area contributed by atoms with Crippen LogP contribution < -0.4 is 4.72 Å². The molecule has 42 heavy (non-hydrogen) atoms. The molecule has 6 aromatic rings. The summed E-state index contributed by atoms with van der Waals surface area (Å²) in [5.74, 6) is 0.104. The highest BCUT2D eigenvalue weighted by molar-refractivity contribution is 7.92. The van der Waals surface area contributed by atoms with E-state index in [1.54, 1.807) is 85.2 Å². The van der Waals surface area contributed by atoms with Crippen molar-refractivity contribution in [2.45, 2.75) is 4.90 Å². The minimum absolute atomic E-state index is 0.0474. The van der Waals surface area contributed by atoms with Gasteiger partial charge >= 0.3 is 0 Å². The third kappa shape index (κ3) is 5.46. The van der Waals surface area contributed by atoms with Gasteiger partial charge in [0.15, 0.2) is 0 Å². The summed E-state index contributed by atoms with van der Waals surface area (Å²) in [5, 5.41) is 38.2. The quantitative estimate of drug-likeness (QED) is 0.164. The Labute approximate surface area is 239 Å². The molecule has 0 saturated carbocycles. The zero-order valence-electron chi connectivity index (χ0n) is 21.7. The second-order valence-corrected chi connectivity index (χ2v) is 10.7. The first-order valence-corrected chi connectivity index (χ1v) is 14.1. The van der Waals surface area contributed by atoms with Gasteiger partial charge in [-0.25, -0.2) is 8.42 Å². The highest BCUT2D eigenvalue weighted by Crippen LogP contribution is 2.33. The number of rotatable bonds is 7. The molecule has 3 N–H and O–H groups in total. The average Bonchev–Trinajstić information content (AvgIpc) is 3.01. The van der Waals surface area contributed by atoms with Crippen molar-refractivity contribution >= 4 is 60.3 Å². The molecule has 0 spiro atoms. The largest absolute Gasteiger partial charge is 0.506 e. The fourth-order valence-electron chi connectivity index (χ4n) is 4.19. The number of phenolic OH excluding ortho intramolecular Hbond substituents is 2. The molecule has 11 nitrogen and oxygen atoms in total. The summed E-state index contributed by atoms with van der Waals surface area (Å²) in [6.07, 6.45) is 3.16. The molecule has 0 atom stereocenters. The molecule has 2 heterocycles. The third-order valence-electron chi connectivity index (χ3n) is 6.26. The van der Waals surface area contributed by atoms with Crippen molar-refractivity contribution < 1.29 is 18.6 Å². The van der Waals surface area contributed by atoms with E-state index >= 15 is 0 Å². The molecule has 0 radical (unpaired) electrons. The fraction of sp³-hybridized carbons (Fsp3) is 0. The molecule has 206 valence electrons. The van der Waals surface area contributed by atoms with Crippen molar-refractivity contribution in [3.8, 4) is 11.5 Å². The number of hydrogen-bond acceptors (Lipinski definition) is 10. The maximum absolute atomic E-state index is 13.0. The molecule has 4 aromatic carbocycles. The van der Waals surface area contributed by atoms with Crippen molar-refractivity contribution in [1.82, 2.24) is 9.97 Å². The summed E-state index contributed by atoms with van der Waals surface area (Å²) < 4.78 is 28.5. The molecule has 0 amide bonds. The molecule has 12 heteroatoms. The normalized spacial score (nSPS) is 12.0. The minimum Gasteiger partial charge on any atom is -0.506 e. The summed E-state index contributed by atoms with van der Waals surface area (Å²) in [7, 11) is -3.87. The molecule has 2 aromatic heterocycles.